The lowest BCUT2D eigenvalue weighted by molar-refractivity contribution is -0.142. The van der Waals surface area contributed by atoms with Gasteiger partial charge in [0, 0.05) is 49.1 Å². The molecule has 0 fully saturated rings. The van der Waals surface area contributed by atoms with Crippen LogP contribution in [0.4, 0.5) is 8.78 Å². The molecule has 3 rings (SSSR count). The van der Waals surface area contributed by atoms with Gasteiger partial charge in [0.1, 0.15) is 24.3 Å². The van der Waals surface area contributed by atoms with Crippen LogP contribution < -0.4 is 21.7 Å². The Hall–Kier alpha value is -5.68. The number of nitrogens with two attached hydrogens (primary N) is 1. The minimum Gasteiger partial charge on any atom is -0.481 e. The third-order valence-electron chi connectivity index (χ3n) is 8.38. The molecule has 1 aromatic heterocycles. The van der Waals surface area contributed by atoms with Gasteiger partial charge in [-0.1, -0.05) is 51.1 Å². The number of amides is 4. The second kappa shape index (κ2) is 19.4. The number of nitrogens with one attached hydrogen (secondary N) is 3. The standard InChI is InChI=1S/C37H46F2N6O9/c1-37(2,3)34(29-15-23(25-16-24(38)9-10-26(25)39)20-44(29)19-22-7-5-4-6-8-22)45(32(49)21-46)14-13-27(40)35(52)43-28(36(53)54)17-41-31(48)18-42-30(47)11-12-33(50)51/h4-10,15-16,20,27-28,34,46H,11-14,17-19,21,40H2,1-3H3,(H,41,48)(H,42,47)(H,43,52)(H,50,51)(H,53,54)/t27-,28+,34-/m0/s1. The van der Waals surface area contributed by atoms with E-state index >= 15 is 4.39 Å². The summed E-state index contributed by atoms with van der Waals surface area (Å²) in [4.78, 5) is 74.1. The molecule has 0 aliphatic carbocycles. The summed E-state index contributed by atoms with van der Waals surface area (Å²) in [5.74, 6) is -7.14. The Labute approximate surface area is 310 Å². The van der Waals surface area contributed by atoms with Crippen LogP contribution in [-0.2, 0) is 35.3 Å². The minimum absolute atomic E-state index is 0.000820. The van der Waals surface area contributed by atoms with E-state index in [4.69, 9.17) is 10.8 Å². The average molecular weight is 757 g/mol. The first-order valence-corrected chi connectivity index (χ1v) is 17.0. The number of aromatic nitrogens is 1. The Morgan fingerprint density at radius 3 is 2.22 bits per heavy atom. The largest absolute Gasteiger partial charge is 0.481 e. The summed E-state index contributed by atoms with van der Waals surface area (Å²) in [5, 5.41) is 35.1. The smallest absolute Gasteiger partial charge is 0.328 e. The summed E-state index contributed by atoms with van der Waals surface area (Å²) in [6, 6.07) is 10.2. The lowest BCUT2D eigenvalue weighted by Crippen LogP contribution is -2.54. The van der Waals surface area contributed by atoms with E-state index < -0.39 is 96.9 Å². The van der Waals surface area contributed by atoms with Gasteiger partial charge in [0.15, 0.2) is 0 Å². The summed E-state index contributed by atoms with van der Waals surface area (Å²) in [6.07, 6.45) is 0.653. The third-order valence-corrected chi connectivity index (χ3v) is 8.38. The lowest BCUT2D eigenvalue weighted by atomic mass is 9.82. The van der Waals surface area contributed by atoms with E-state index in [1.165, 1.54) is 4.90 Å². The summed E-state index contributed by atoms with van der Waals surface area (Å²) in [5.41, 5.74) is 7.15. The Kier molecular flexibility index (Phi) is 15.4. The summed E-state index contributed by atoms with van der Waals surface area (Å²) < 4.78 is 31.1. The predicted octanol–water partition coefficient (Wildman–Crippen LogP) is 1.77. The molecule has 1 heterocycles. The highest BCUT2D eigenvalue weighted by Gasteiger charge is 2.37. The maximum Gasteiger partial charge on any atom is 0.328 e. The van der Waals surface area contributed by atoms with Crippen LogP contribution in [0.2, 0.25) is 0 Å². The van der Waals surface area contributed by atoms with Crippen molar-refractivity contribution in [3.63, 3.8) is 0 Å². The average Bonchev–Trinajstić information content (AvgIpc) is 3.51. The molecule has 0 saturated carbocycles. The van der Waals surface area contributed by atoms with Crippen molar-refractivity contribution in [1.29, 1.82) is 0 Å². The first kappa shape index (κ1) is 42.7. The second-order valence-corrected chi connectivity index (χ2v) is 13.7. The number of halogens is 2. The van der Waals surface area contributed by atoms with Crippen LogP contribution in [0.1, 0.15) is 57.3 Å². The van der Waals surface area contributed by atoms with Crippen molar-refractivity contribution in [3.8, 4) is 11.1 Å². The molecule has 0 radical (unpaired) electrons. The summed E-state index contributed by atoms with van der Waals surface area (Å²) in [6.45, 7) is 3.59. The minimum atomic E-state index is -1.63. The maximum absolute atomic E-state index is 15.0. The SMILES string of the molecule is CC(C)(C)[C@H](c1cc(-c2cc(F)ccc2F)cn1Cc1ccccc1)N(CC[C@H](N)C(=O)N[C@H](CNC(=O)CNC(=O)CCC(=O)O)C(=O)O)C(=O)CO. The van der Waals surface area contributed by atoms with Gasteiger partial charge in [-0.2, -0.15) is 0 Å². The zero-order valence-corrected chi connectivity index (χ0v) is 30.2. The Bertz CT molecular complexity index is 1810. The molecule has 0 spiro atoms. The molecule has 3 aromatic rings. The van der Waals surface area contributed by atoms with Gasteiger partial charge >= 0.3 is 11.9 Å². The molecular formula is C37H46F2N6O9. The molecule has 0 aliphatic heterocycles. The second-order valence-electron chi connectivity index (χ2n) is 13.7. The third kappa shape index (κ3) is 12.5. The van der Waals surface area contributed by atoms with E-state index in [0.29, 0.717) is 11.3 Å². The van der Waals surface area contributed by atoms with Crippen LogP contribution in [0.15, 0.2) is 60.8 Å². The highest BCUT2D eigenvalue weighted by Crippen LogP contribution is 2.41. The Morgan fingerprint density at radius 1 is 0.926 bits per heavy atom. The van der Waals surface area contributed by atoms with Crippen molar-refractivity contribution in [1.82, 2.24) is 25.4 Å². The number of carbonyl (C=O) groups excluding carboxylic acids is 4. The highest BCUT2D eigenvalue weighted by molar-refractivity contribution is 5.89. The van der Waals surface area contributed by atoms with Gasteiger partial charge in [-0.3, -0.25) is 24.0 Å². The fourth-order valence-electron chi connectivity index (χ4n) is 5.75. The maximum atomic E-state index is 15.0. The number of aliphatic carboxylic acids is 2. The Balaban J connectivity index is 1.83. The quantitative estimate of drug-likeness (QED) is 0.0937. The molecule has 0 saturated heterocycles. The summed E-state index contributed by atoms with van der Waals surface area (Å²) in [7, 11) is 0. The van der Waals surface area contributed by atoms with E-state index in [9.17, 15) is 43.4 Å². The topological polar surface area (TPSA) is 233 Å². The Morgan fingerprint density at radius 2 is 1.61 bits per heavy atom. The number of carboxylic acid groups (broad SMARTS) is 2. The zero-order valence-electron chi connectivity index (χ0n) is 30.2. The van der Waals surface area contributed by atoms with Crippen molar-refractivity contribution in [2.24, 2.45) is 11.1 Å². The van der Waals surface area contributed by atoms with E-state index in [2.05, 4.69) is 16.0 Å². The number of hydrogen-bond acceptors (Lipinski definition) is 8. The number of aliphatic hydroxyl groups is 1. The van der Waals surface area contributed by atoms with Gasteiger partial charge in [0.25, 0.3) is 0 Å². The molecule has 8 N–H and O–H groups in total. The van der Waals surface area contributed by atoms with Gasteiger partial charge < -0.3 is 46.5 Å². The van der Waals surface area contributed by atoms with Gasteiger partial charge in [0.05, 0.1) is 25.0 Å². The van der Waals surface area contributed by atoms with Crippen molar-refractivity contribution in [2.45, 2.75) is 64.7 Å². The molecule has 4 amide bonds. The number of carbonyl (C=O) groups is 6. The van der Waals surface area contributed by atoms with E-state index in [-0.39, 0.29) is 31.5 Å². The van der Waals surface area contributed by atoms with Crippen molar-refractivity contribution >= 4 is 35.6 Å². The van der Waals surface area contributed by atoms with E-state index in [0.717, 1.165) is 23.8 Å². The van der Waals surface area contributed by atoms with Crippen LogP contribution in [0.25, 0.3) is 11.1 Å². The molecule has 3 atom stereocenters. The fourth-order valence-corrected chi connectivity index (χ4v) is 5.75. The molecule has 17 heteroatoms. The van der Waals surface area contributed by atoms with E-state index in [1.807, 2.05) is 55.7 Å². The predicted molar refractivity (Wildman–Crippen MR) is 191 cm³/mol. The highest BCUT2D eigenvalue weighted by atomic mass is 19.1. The molecule has 15 nitrogen and oxygen atoms in total. The molecule has 2 aromatic carbocycles. The number of aliphatic hydroxyl groups excluding tert-OH is 1. The van der Waals surface area contributed by atoms with Crippen LogP contribution in [0.3, 0.4) is 0 Å². The first-order chi connectivity index (χ1) is 25.4. The van der Waals surface area contributed by atoms with Crippen molar-refractivity contribution < 1.29 is 52.9 Å². The molecule has 54 heavy (non-hydrogen) atoms. The number of nitrogens with zero attached hydrogens (tertiary/aromatic N) is 2. The monoisotopic (exact) mass is 756 g/mol. The van der Waals surface area contributed by atoms with Crippen LogP contribution in [-0.4, -0.2) is 98.7 Å². The number of hydrogen-bond donors (Lipinski definition) is 7. The van der Waals surface area contributed by atoms with Gasteiger partial charge in [-0.05, 0) is 41.7 Å². The van der Waals surface area contributed by atoms with Crippen molar-refractivity contribution in [3.05, 3.63) is 83.7 Å². The molecule has 0 unspecified atom stereocenters. The number of benzene rings is 2. The van der Waals surface area contributed by atoms with Crippen LogP contribution in [0, 0.1) is 17.0 Å². The summed E-state index contributed by atoms with van der Waals surface area (Å²) >= 11 is 0. The van der Waals surface area contributed by atoms with Crippen molar-refractivity contribution in [2.75, 3.05) is 26.2 Å². The van der Waals surface area contributed by atoms with E-state index in [1.54, 1.807) is 12.3 Å². The van der Waals surface area contributed by atoms with Gasteiger partial charge in [-0.15, -0.1) is 0 Å². The number of carboxylic acids is 2. The lowest BCUT2D eigenvalue weighted by Gasteiger charge is -2.41. The van der Waals surface area contributed by atoms with Gasteiger partial charge in [-0.25, -0.2) is 13.6 Å². The normalized spacial score (nSPS) is 12.9. The molecule has 0 bridgehead atoms. The number of rotatable bonds is 19. The molecular weight excluding hydrogens is 710 g/mol. The molecule has 0 aliphatic rings. The zero-order chi connectivity index (χ0) is 40.2. The first-order valence-electron chi connectivity index (χ1n) is 17.0. The fraction of sp³-hybridized carbons (Fsp3) is 0.405. The van der Waals surface area contributed by atoms with Crippen LogP contribution in [0.5, 0.6) is 0 Å². The van der Waals surface area contributed by atoms with Crippen LogP contribution >= 0.6 is 0 Å². The molecule has 292 valence electrons. The van der Waals surface area contributed by atoms with Gasteiger partial charge in [0.2, 0.25) is 23.6 Å².